The summed E-state index contributed by atoms with van der Waals surface area (Å²) in [6, 6.07) is 7.61. The molecule has 2 rings (SSSR count). The summed E-state index contributed by atoms with van der Waals surface area (Å²) in [7, 11) is 1.48. The second kappa shape index (κ2) is 5.69. The highest BCUT2D eigenvalue weighted by molar-refractivity contribution is 6.02. The number of nitrogens with two attached hydrogens (primary N) is 1. The van der Waals surface area contributed by atoms with Crippen LogP contribution in [0.5, 0.6) is 5.75 Å². The Morgan fingerprint density at radius 2 is 1.95 bits per heavy atom. The van der Waals surface area contributed by atoms with E-state index in [1.54, 1.807) is 6.07 Å². The maximum Gasteiger partial charge on any atom is 0.169 e. The molecular formula is C15H13F2NO2. The van der Waals surface area contributed by atoms with E-state index in [0.717, 1.165) is 18.2 Å². The van der Waals surface area contributed by atoms with Crippen LogP contribution in [-0.4, -0.2) is 12.9 Å². The molecule has 0 saturated carbocycles. The summed E-state index contributed by atoms with van der Waals surface area (Å²) < 4.78 is 31.5. The molecule has 5 heteroatoms. The second-order valence-corrected chi connectivity index (χ2v) is 4.29. The molecule has 2 aromatic rings. The number of benzene rings is 2. The van der Waals surface area contributed by atoms with E-state index in [4.69, 9.17) is 10.5 Å². The minimum Gasteiger partial charge on any atom is -0.497 e. The molecule has 0 aromatic heterocycles. The number of ether oxygens (including phenoxy) is 1. The van der Waals surface area contributed by atoms with Gasteiger partial charge in [-0.15, -0.1) is 0 Å². The van der Waals surface area contributed by atoms with Crippen molar-refractivity contribution in [2.75, 3.05) is 12.8 Å². The minimum absolute atomic E-state index is 0.00483. The van der Waals surface area contributed by atoms with Gasteiger partial charge in [0.25, 0.3) is 0 Å². The number of hydrogen-bond acceptors (Lipinski definition) is 3. The third-order valence-electron chi connectivity index (χ3n) is 2.92. The van der Waals surface area contributed by atoms with Crippen molar-refractivity contribution in [2.45, 2.75) is 6.42 Å². The van der Waals surface area contributed by atoms with E-state index in [0.29, 0.717) is 5.75 Å². The average Bonchev–Trinajstić information content (AvgIpc) is 2.42. The first-order chi connectivity index (χ1) is 9.51. The van der Waals surface area contributed by atoms with Gasteiger partial charge in [-0.3, -0.25) is 4.79 Å². The predicted molar refractivity (Wildman–Crippen MR) is 71.8 cm³/mol. The number of rotatable bonds is 4. The zero-order valence-electron chi connectivity index (χ0n) is 10.8. The number of methoxy groups -OCH3 is 1. The molecule has 3 nitrogen and oxygen atoms in total. The number of hydrogen-bond donors (Lipinski definition) is 1. The van der Waals surface area contributed by atoms with Crippen LogP contribution in [0.15, 0.2) is 36.4 Å². The summed E-state index contributed by atoms with van der Waals surface area (Å²) in [6.07, 6.45) is -0.250. The van der Waals surface area contributed by atoms with Crippen LogP contribution >= 0.6 is 0 Å². The van der Waals surface area contributed by atoms with Crippen molar-refractivity contribution < 1.29 is 18.3 Å². The highest BCUT2D eigenvalue weighted by atomic mass is 19.1. The fourth-order valence-corrected chi connectivity index (χ4v) is 1.87. The normalized spacial score (nSPS) is 10.3. The third-order valence-corrected chi connectivity index (χ3v) is 2.92. The lowest BCUT2D eigenvalue weighted by Gasteiger charge is -2.08. The molecule has 0 amide bonds. The number of nitrogen functional groups attached to an aromatic ring is 1. The molecule has 0 aliphatic rings. The van der Waals surface area contributed by atoms with Crippen molar-refractivity contribution in [3.05, 3.63) is 59.2 Å². The van der Waals surface area contributed by atoms with E-state index < -0.39 is 11.6 Å². The topological polar surface area (TPSA) is 52.3 Å². The van der Waals surface area contributed by atoms with E-state index >= 15 is 0 Å². The predicted octanol–water partition coefficient (Wildman–Crippen LogP) is 2.98. The standard InChI is InChI=1S/C15H13F2NO2/c1-20-11-3-4-12(14(18)8-11)15(19)7-9-6-10(16)2-5-13(9)17/h2-6,8H,7,18H2,1H3. The van der Waals surface area contributed by atoms with Crippen molar-refractivity contribution in [1.29, 1.82) is 0 Å². The van der Waals surface area contributed by atoms with Gasteiger partial charge in [0.1, 0.15) is 17.4 Å². The van der Waals surface area contributed by atoms with Gasteiger partial charge in [-0.2, -0.15) is 0 Å². The molecular weight excluding hydrogens is 264 g/mol. The Kier molecular flexibility index (Phi) is 3.98. The van der Waals surface area contributed by atoms with Gasteiger partial charge in [0, 0.05) is 23.7 Å². The van der Waals surface area contributed by atoms with E-state index in [1.807, 2.05) is 0 Å². The van der Waals surface area contributed by atoms with Gasteiger partial charge < -0.3 is 10.5 Å². The summed E-state index contributed by atoms with van der Waals surface area (Å²) in [5.41, 5.74) is 6.26. The summed E-state index contributed by atoms with van der Waals surface area (Å²) in [6.45, 7) is 0. The monoisotopic (exact) mass is 277 g/mol. The first-order valence-corrected chi connectivity index (χ1v) is 5.92. The molecule has 0 saturated heterocycles. The number of ketones is 1. The van der Waals surface area contributed by atoms with Crippen molar-refractivity contribution in [1.82, 2.24) is 0 Å². The van der Waals surface area contributed by atoms with Gasteiger partial charge in [-0.1, -0.05) is 0 Å². The number of carbonyl (C=O) groups is 1. The number of halogens is 2. The van der Waals surface area contributed by atoms with Crippen LogP contribution in [0.4, 0.5) is 14.5 Å². The molecule has 0 atom stereocenters. The molecule has 0 fully saturated rings. The van der Waals surface area contributed by atoms with Crippen LogP contribution in [0.3, 0.4) is 0 Å². The fraction of sp³-hybridized carbons (Fsp3) is 0.133. The smallest absolute Gasteiger partial charge is 0.169 e. The summed E-state index contributed by atoms with van der Waals surface area (Å²) in [5, 5.41) is 0. The van der Waals surface area contributed by atoms with E-state index in [9.17, 15) is 13.6 Å². The minimum atomic E-state index is -0.619. The Bertz CT molecular complexity index is 656. The Morgan fingerprint density at radius 1 is 1.20 bits per heavy atom. The lowest BCUT2D eigenvalue weighted by molar-refractivity contribution is 0.0992. The first-order valence-electron chi connectivity index (χ1n) is 5.92. The molecule has 2 N–H and O–H groups in total. The summed E-state index contributed by atoms with van der Waals surface area (Å²) in [4.78, 5) is 12.1. The molecule has 104 valence electrons. The van der Waals surface area contributed by atoms with Crippen molar-refractivity contribution >= 4 is 11.5 Å². The highest BCUT2D eigenvalue weighted by Crippen LogP contribution is 2.22. The van der Waals surface area contributed by atoms with Crippen LogP contribution in [0.1, 0.15) is 15.9 Å². The largest absolute Gasteiger partial charge is 0.497 e. The van der Waals surface area contributed by atoms with Gasteiger partial charge >= 0.3 is 0 Å². The molecule has 0 aliphatic carbocycles. The highest BCUT2D eigenvalue weighted by Gasteiger charge is 2.14. The molecule has 0 spiro atoms. The summed E-state index contributed by atoms with van der Waals surface area (Å²) >= 11 is 0. The second-order valence-electron chi connectivity index (χ2n) is 4.29. The Morgan fingerprint density at radius 3 is 2.60 bits per heavy atom. The van der Waals surface area contributed by atoms with E-state index in [-0.39, 0.29) is 29.0 Å². The number of anilines is 1. The zero-order chi connectivity index (χ0) is 14.7. The maximum atomic E-state index is 13.5. The first kappa shape index (κ1) is 14.0. The Balaban J connectivity index is 2.26. The fourth-order valence-electron chi connectivity index (χ4n) is 1.87. The lowest BCUT2D eigenvalue weighted by atomic mass is 10.0. The van der Waals surface area contributed by atoms with Crippen LogP contribution in [0.25, 0.3) is 0 Å². The Hall–Kier alpha value is -2.43. The SMILES string of the molecule is COc1ccc(C(=O)Cc2cc(F)ccc2F)c(N)c1. The zero-order valence-corrected chi connectivity index (χ0v) is 10.8. The molecule has 0 unspecified atom stereocenters. The van der Waals surface area contributed by atoms with Crippen molar-refractivity contribution in [3.8, 4) is 5.75 Å². The molecule has 2 aromatic carbocycles. The van der Waals surface area contributed by atoms with Crippen LogP contribution in [0, 0.1) is 11.6 Å². The number of carbonyl (C=O) groups excluding carboxylic acids is 1. The van der Waals surface area contributed by atoms with Crippen molar-refractivity contribution in [3.63, 3.8) is 0 Å². The van der Waals surface area contributed by atoms with Crippen LogP contribution < -0.4 is 10.5 Å². The molecule has 0 radical (unpaired) electrons. The van der Waals surface area contributed by atoms with E-state index in [2.05, 4.69) is 0 Å². The van der Waals surface area contributed by atoms with Crippen molar-refractivity contribution in [2.24, 2.45) is 0 Å². The molecule has 0 aliphatic heterocycles. The maximum absolute atomic E-state index is 13.5. The number of Topliss-reactive ketones (excluding diaryl/α,β-unsaturated/α-hetero) is 1. The summed E-state index contributed by atoms with van der Waals surface area (Å²) in [5.74, 6) is -1.06. The van der Waals surface area contributed by atoms with Gasteiger partial charge in [-0.05, 0) is 35.9 Å². The van der Waals surface area contributed by atoms with Gasteiger partial charge in [0.2, 0.25) is 0 Å². The van der Waals surface area contributed by atoms with Gasteiger partial charge in [0.15, 0.2) is 5.78 Å². The lowest BCUT2D eigenvalue weighted by Crippen LogP contribution is -2.08. The average molecular weight is 277 g/mol. The van der Waals surface area contributed by atoms with E-state index in [1.165, 1.54) is 19.2 Å². The van der Waals surface area contributed by atoms with Crippen LogP contribution in [-0.2, 0) is 6.42 Å². The van der Waals surface area contributed by atoms with Crippen LogP contribution in [0.2, 0.25) is 0 Å². The quantitative estimate of drug-likeness (QED) is 0.690. The molecule has 0 bridgehead atoms. The molecule has 20 heavy (non-hydrogen) atoms. The van der Waals surface area contributed by atoms with Gasteiger partial charge in [-0.25, -0.2) is 8.78 Å². The molecule has 0 heterocycles. The Labute approximate surface area is 115 Å². The van der Waals surface area contributed by atoms with Gasteiger partial charge in [0.05, 0.1) is 7.11 Å². The third kappa shape index (κ3) is 2.93.